The van der Waals surface area contributed by atoms with Crippen molar-refractivity contribution in [2.24, 2.45) is 0 Å². The number of piperidine rings is 1. The van der Waals surface area contributed by atoms with Gasteiger partial charge in [-0.2, -0.15) is 0 Å². The van der Waals surface area contributed by atoms with Gasteiger partial charge >= 0.3 is 0 Å². The Morgan fingerprint density at radius 3 is 3.00 bits per heavy atom. The number of nitro groups is 1. The molecule has 2 heterocycles. The Morgan fingerprint density at radius 1 is 1.54 bits per heavy atom. The van der Waals surface area contributed by atoms with E-state index in [-0.39, 0.29) is 5.82 Å². The lowest BCUT2D eigenvalue weighted by Gasteiger charge is -2.31. The van der Waals surface area contributed by atoms with E-state index in [0.29, 0.717) is 23.1 Å². The van der Waals surface area contributed by atoms with E-state index >= 15 is 0 Å². The molecule has 0 unspecified atom stereocenters. The summed E-state index contributed by atoms with van der Waals surface area (Å²) in [7, 11) is 0. The van der Waals surface area contributed by atoms with Gasteiger partial charge in [0, 0.05) is 30.5 Å². The Labute approximate surface area is 154 Å². The molecule has 0 saturated carbocycles. The number of benzene rings is 1. The maximum Gasteiger partial charge on any atom is 0.263 e. The van der Waals surface area contributed by atoms with Crippen molar-refractivity contribution in [3.8, 4) is 0 Å². The van der Waals surface area contributed by atoms with Crippen molar-refractivity contribution in [1.29, 1.82) is 0 Å². The van der Waals surface area contributed by atoms with Crippen LogP contribution in [0.1, 0.15) is 24.5 Å². The Balaban J connectivity index is 1.50. The third kappa shape index (κ3) is 4.53. The van der Waals surface area contributed by atoms with Gasteiger partial charge in [0.2, 0.25) is 0 Å². The molecule has 2 aromatic rings. The molecule has 0 amide bonds. The first-order valence-corrected chi connectivity index (χ1v) is 9.69. The third-order valence-electron chi connectivity index (χ3n) is 4.61. The van der Waals surface area contributed by atoms with E-state index in [1.165, 1.54) is 23.9 Å². The molecule has 0 radical (unpaired) electrons. The zero-order valence-corrected chi connectivity index (χ0v) is 15.3. The topological polar surface area (TPSA) is 84.4 Å². The first kappa shape index (κ1) is 18.7. The lowest BCUT2D eigenvalue weighted by molar-refractivity contribution is -0.403. The second-order valence-corrected chi connectivity index (χ2v) is 7.08. The molecule has 3 rings (SSSR count). The first-order valence-electron chi connectivity index (χ1n) is 8.47. The van der Waals surface area contributed by atoms with Gasteiger partial charge in [0.15, 0.2) is 5.58 Å². The van der Waals surface area contributed by atoms with Gasteiger partial charge in [-0.25, -0.2) is 4.39 Å². The Hall–Kier alpha value is -2.13. The summed E-state index contributed by atoms with van der Waals surface area (Å²) in [5.41, 5.74) is 1.41. The minimum Gasteiger partial charge on any atom is -0.374 e. The van der Waals surface area contributed by atoms with Crippen LogP contribution in [0.25, 0.3) is 11.0 Å². The van der Waals surface area contributed by atoms with Crippen molar-refractivity contribution in [3.05, 3.63) is 51.1 Å². The smallest absolute Gasteiger partial charge is 0.263 e. The molecule has 1 aliphatic heterocycles. The number of nitrogens with one attached hydrogen (secondary N) is 1. The molecule has 1 aliphatic rings. The summed E-state index contributed by atoms with van der Waals surface area (Å²) in [6, 6.07) is 4.54. The fourth-order valence-electron chi connectivity index (χ4n) is 3.26. The van der Waals surface area contributed by atoms with Gasteiger partial charge in [0.25, 0.3) is 6.20 Å². The molecule has 1 N–H and O–H groups in total. The predicted molar refractivity (Wildman–Crippen MR) is 99.0 cm³/mol. The highest BCUT2D eigenvalue weighted by molar-refractivity contribution is 8.02. The highest BCUT2D eigenvalue weighted by Crippen LogP contribution is 2.32. The van der Waals surface area contributed by atoms with Crippen molar-refractivity contribution in [2.75, 3.05) is 32.4 Å². The average molecular weight is 380 g/mol. The lowest BCUT2D eigenvalue weighted by atomic mass is 9.91. The highest BCUT2D eigenvalue weighted by atomic mass is 32.2. The number of aromatic nitrogens is 1. The minimum absolute atomic E-state index is 0.307. The second kappa shape index (κ2) is 8.50. The fraction of sp³-hybridized carbons (Fsp3) is 0.471. The number of halogens is 1. The molecule has 7 nitrogen and oxygen atoms in total. The molecule has 1 aromatic carbocycles. The molecule has 1 saturated heterocycles. The average Bonchev–Trinajstić information content (AvgIpc) is 3.04. The van der Waals surface area contributed by atoms with Crippen molar-refractivity contribution in [3.63, 3.8) is 0 Å². The van der Waals surface area contributed by atoms with Crippen molar-refractivity contribution in [2.45, 2.75) is 18.8 Å². The van der Waals surface area contributed by atoms with Crippen LogP contribution in [0.3, 0.4) is 0 Å². The van der Waals surface area contributed by atoms with E-state index < -0.39 is 4.92 Å². The molecule has 26 heavy (non-hydrogen) atoms. The number of thioether (sulfide) groups is 1. The van der Waals surface area contributed by atoms with Crippen LogP contribution in [0.15, 0.2) is 34.0 Å². The monoisotopic (exact) mass is 380 g/mol. The standard InChI is InChI=1S/C17H21FN4O3S/c1-26-16(11-22(23)24)19-6-9-21-7-4-12(5-8-21)17-14-3-2-13(18)10-15(14)25-20-17/h2-3,10-12,19H,4-9H2,1H3. The van der Waals surface area contributed by atoms with E-state index in [0.717, 1.165) is 49.8 Å². The van der Waals surface area contributed by atoms with Crippen LogP contribution in [-0.4, -0.2) is 47.4 Å². The normalized spacial score (nSPS) is 16.9. The van der Waals surface area contributed by atoms with Gasteiger partial charge in [-0.15, -0.1) is 11.8 Å². The molecule has 1 aromatic heterocycles. The molecule has 0 spiro atoms. The number of hydrogen-bond donors (Lipinski definition) is 1. The quantitative estimate of drug-likeness (QED) is 0.583. The van der Waals surface area contributed by atoms with E-state index in [1.54, 1.807) is 6.07 Å². The summed E-state index contributed by atoms with van der Waals surface area (Å²) < 4.78 is 18.5. The van der Waals surface area contributed by atoms with Crippen LogP contribution in [0.4, 0.5) is 4.39 Å². The molecular formula is C17H21FN4O3S. The number of rotatable bonds is 7. The molecule has 0 aliphatic carbocycles. The summed E-state index contributed by atoms with van der Waals surface area (Å²) in [5.74, 6) is -0.0136. The summed E-state index contributed by atoms with van der Waals surface area (Å²) in [6.45, 7) is 3.34. The van der Waals surface area contributed by atoms with Crippen LogP contribution in [0.2, 0.25) is 0 Å². The zero-order valence-electron chi connectivity index (χ0n) is 14.5. The number of nitrogens with zero attached hydrogens (tertiary/aromatic N) is 3. The van der Waals surface area contributed by atoms with Gasteiger partial charge in [-0.1, -0.05) is 5.16 Å². The summed E-state index contributed by atoms with van der Waals surface area (Å²) in [6.07, 6.45) is 4.72. The van der Waals surface area contributed by atoms with Crippen LogP contribution in [0, 0.1) is 15.9 Å². The van der Waals surface area contributed by atoms with Crippen molar-refractivity contribution < 1.29 is 13.8 Å². The molecular weight excluding hydrogens is 359 g/mol. The number of fused-ring (bicyclic) bond motifs is 1. The number of hydrogen-bond acceptors (Lipinski definition) is 7. The Morgan fingerprint density at radius 2 is 2.31 bits per heavy atom. The van der Waals surface area contributed by atoms with Crippen LogP contribution >= 0.6 is 11.8 Å². The van der Waals surface area contributed by atoms with Crippen molar-refractivity contribution in [1.82, 2.24) is 15.4 Å². The van der Waals surface area contributed by atoms with E-state index in [2.05, 4.69) is 15.4 Å². The largest absolute Gasteiger partial charge is 0.374 e. The Bertz CT molecular complexity index is 802. The van der Waals surface area contributed by atoms with Crippen LogP contribution < -0.4 is 5.32 Å². The molecule has 9 heteroatoms. The summed E-state index contributed by atoms with van der Waals surface area (Å²) in [5, 5.41) is 19.2. The maximum atomic E-state index is 13.3. The minimum atomic E-state index is -0.446. The van der Waals surface area contributed by atoms with Crippen LogP contribution in [-0.2, 0) is 0 Å². The molecule has 140 valence electrons. The molecule has 0 bridgehead atoms. The van der Waals surface area contributed by atoms with Gasteiger partial charge < -0.3 is 14.7 Å². The van der Waals surface area contributed by atoms with Gasteiger partial charge in [-0.05, 0) is 44.3 Å². The lowest BCUT2D eigenvalue weighted by Crippen LogP contribution is -2.37. The van der Waals surface area contributed by atoms with Gasteiger partial charge in [-0.3, -0.25) is 10.1 Å². The molecule has 1 fully saturated rings. The zero-order chi connectivity index (χ0) is 18.5. The van der Waals surface area contributed by atoms with E-state index in [4.69, 9.17) is 4.52 Å². The fourth-order valence-corrected chi connectivity index (χ4v) is 3.70. The van der Waals surface area contributed by atoms with Crippen LogP contribution in [0.5, 0.6) is 0 Å². The van der Waals surface area contributed by atoms with Gasteiger partial charge in [0.1, 0.15) is 10.8 Å². The summed E-state index contributed by atoms with van der Waals surface area (Å²) >= 11 is 1.33. The summed E-state index contributed by atoms with van der Waals surface area (Å²) in [4.78, 5) is 12.4. The van der Waals surface area contributed by atoms with E-state index in [1.807, 2.05) is 6.26 Å². The maximum absolute atomic E-state index is 13.3. The second-order valence-electron chi connectivity index (χ2n) is 6.23. The molecule has 0 atom stereocenters. The van der Waals surface area contributed by atoms with Gasteiger partial charge in [0.05, 0.1) is 10.6 Å². The first-order chi connectivity index (χ1) is 12.6. The van der Waals surface area contributed by atoms with E-state index in [9.17, 15) is 14.5 Å². The Kier molecular flexibility index (Phi) is 6.10. The highest BCUT2D eigenvalue weighted by Gasteiger charge is 2.25. The van der Waals surface area contributed by atoms with Crippen molar-refractivity contribution >= 4 is 22.7 Å². The number of likely N-dealkylation sites (tertiary alicyclic amines) is 1. The SMILES string of the molecule is CSC(=C[N+](=O)[O-])NCCN1CCC(c2noc3cc(F)ccc23)CC1. The predicted octanol–water partition coefficient (Wildman–Crippen LogP) is 3.17. The third-order valence-corrected chi connectivity index (χ3v) is 5.30.